The number of amides is 1. The van der Waals surface area contributed by atoms with Gasteiger partial charge in [0.2, 0.25) is 5.91 Å². The second-order valence-electron chi connectivity index (χ2n) is 7.62. The highest BCUT2D eigenvalue weighted by Crippen LogP contribution is 2.20. The molecule has 2 aromatic rings. The van der Waals surface area contributed by atoms with Crippen molar-refractivity contribution in [3.05, 3.63) is 60.2 Å². The van der Waals surface area contributed by atoms with E-state index in [9.17, 15) is 9.90 Å². The topological polar surface area (TPSA) is 69.6 Å². The van der Waals surface area contributed by atoms with E-state index in [1.54, 1.807) is 19.3 Å². The van der Waals surface area contributed by atoms with Crippen molar-refractivity contribution in [3.63, 3.8) is 0 Å². The number of hydrogen-bond acceptors (Lipinski definition) is 5. The molecule has 0 aliphatic carbocycles. The van der Waals surface area contributed by atoms with Gasteiger partial charge in [-0.25, -0.2) is 9.97 Å². The van der Waals surface area contributed by atoms with Gasteiger partial charge in [0.1, 0.15) is 6.33 Å². The van der Waals surface area contributed by atoms with Gasteiger partial charge in [0.15, 0.2) is 0 Å². The van der Waals surface area contributed by atoms with Gasteiger partial charge in [-0.05, 0) is 37.8 Å². The monoisotopic (exact) mass is 382 g/mol. The van der Waals surface area contributed by atoms with E-state index in [2.05, 4.69) is 27.0 Å². The van der Waals surface area contributed by atoms with Crippen molar-refractivity contribution in [3.8, 4) is 0 Å². The zero-order valence-electron chi connectivity index (χ0n) is 16.6. The van der Waals surface area contributed by atoms with Crippen LogP contribution in [-0.4, -0.2) is 62.6 Å². The van der Waals surface area contributed by atoms with Crippen molar-refractivity contribution < 1.29 is 9.90 Å². The van der Waals surface area contributed by atoms with Crippen LogP contribution in [0.15, 0.2) is 49.1 Å². The van der Waals surface area contributed by atoms with Crippen molar-refractivity contribution >= 4 is 5.91 Å². The first kappa shape index (κ1) is 20.4. The van der Waals surface area contributed by atoms with Crippen LogP contribution in [-0.2, 0) is 17.8 Å². The molecule has 0 bridgehead atoms. The summed E-state index contributed by atoms with van der Waals surface area (Å²) in [5, 5.41) is 10.5. The fraction of sp³-hybridized carbons (Fsp3) is 0.500. The van der Waals surface area contributed by atoms with Gasteiger partial charge in [0.25, 0.3) is 0 Å². The summed E-state index contributed by atoms with van der Waals surface area (Å²) in [5.74, 6) is 0.0893. The Balaban J connectivity index is 1.53. The second kappa shape index (κ2) is 10.3. The normalized spacial score (nSPS) is 19.0. The second-order valence-corrected chi connectivity index (χ2v) is 7.62. The summed E-state index contributed by atoms with van der Waals surface area (Å²) in [6, 6.07) is 10.3. The molecule has 1 amide bonds. The van der Waals surface area contributed by atoms with Crippen molar-refractivity contribution in [2.45, 2.75) is 51.3 Å². The Hall–Kier alpha value is -2.31. The van der Waals surface area contributed by atoms with Gasteiger partial charge >= 0.3 is 0 Å². The first-order valence-corrected chi connectivity index (χ1v) is 10.1. The average molecular weight is 383 g/mol. The molecule has 1 fully saturated rings. The number of aromatic nitrogens is 2. The van der Waals surface area contributed by atoms with E-state index in [-0.39, 0.29) is 18.1 Å². The van der Waals surface area contributed by atoms with E-state index in [0.29, 0.717) is 19.5 Å². The van der Waals surface area contributed by atoms with Crippen LogP contribution in [0.1, 0.15) is 37.3 Å². The first-order valence-electron chi connectivity index (χ1n) is 10.1. The number of likely N-dealkylation sites (tertiary alicyclic amines) is 1. The van der Waals surface area contributed by atoms with Crippen LogP contribution in [0.3, 0.4) is 0 Å². The van der Waals surface area contributed by atoms with Gasteiger partial charge in [-0.1, -0.05) is 30.3 Å². The number of rotatable bonds is 7. The van der Waals surface area contributed by atoms with Gasteiger partial charge in [-0.15, -0.1) is 0 Å². The number of benzene rings is 1. The Morgan fingerprint density at radius 1 is 1.18 bits per heavy atom. The molecule has 150 valence electrons. The smallest absolute Gasteiger partial charge is 0.219 e. The maximum Gasteiger partial charge on any atom is 0.219 e. The summed E-state index contributed by atoms with van der Waals surface area (Å²) in [5.41, 5.74) is 2.12. The highest BCUT2D eigenvalue weighted by atomic mass is 16.3. The Morgan fingerprint density at radius 2 is 1.93 bits per heavy atom. The maximum absolute atomic E-state index is 12.3. The Kier molecular flexibility index (Phi) is 7.51. The number of carbonyl (C=O) groups is 1. The molecular weight excluding hydrogens is 352 g/mol. The highest BCUT2D eigenvalue weighted by Gasteiger charge is 2.25. The minimum atomic E-state index is -0.371. The SMILES string of the molecule is CC(=O)N(Cc1cncnc1)[C@@H]1CCCN(C[C@H](O)Cc2ccccc2)CC1. The molecular formula is C22H30N4O2. The van der Waals surface area contributed by atoms with E-state index in [1.165, 1.54) is 6.33 Å². The molecule has 1 saturated heterocycles. The minimum Gasteiger partial charge on any atom is -0.391 e. The lowest BCUT2D eigenvalue weighted by Crippen LogP contribution is -2.39. The van der Waals surface area contributed by atoms with Gasteiger partial charge in [0.05, 0.1) is 6.10 Å². The predicted octanol–water partition coefficient (Wildman–Crippen LogP) is 2.28. The molecule has 1 aromatic carbocycles. The minimum absolute atomic E-state index is 0.0893. The first-order chi connectivity index (χ1) is 13.6. The summed E-state index contributed by atoms with van der Waals surface area (Å²) in [6.07, 6.45) is 8.28. The summed E-state index contributed by atoms with van der Waals surface area (Å²) < 4.78 is 0. The molecule has 1 aromatic heterocycles. The van der Waals surface area contributed by atoms with E-state index in [1.807, 2.05) is 23.1 Å². The molecule has 1 aliphatic rings. The third kappa shape index (κ3) is 6.11. The van der Waals surface area contributed by atoms with Crippen LogP contribution in [0.2, 0.25) is 0 Å². The van der Waals surface area contributed by atoms with Gasteiger partial charge in [-0.2, -0.15) is 0 Å². The number of carbonyl (C=O) groups excluding carboxylic acids is 1. The summed E-state index contributed by atoms with van der Waals surface area (Å²) in [6.45, 7) is 4.72. The van der Waals surface area contributed by atoms with Crippen LogP contribution >= 0.6 is 0 Å². The highest BCUT2D eigenvalue weighted by molar-refractivity contribution is 5.73. The fourth-order valence-corrected chi connectivity index (χ4v) is 3.99. The molecule has 6 nitrogen and oxygen atoms in total. The van der Waals surface area contributed by atoms with Crippen LogP contribution in [0.4, 0.5) is 0 Å². The summed E-state index contributed by atoms with van der Waals surface area (Å²) in [4.78, 5) is 24.6. The van der Waals surface area contributed by atoms with Gasteiger partial charge in [-0.3, -0.25) is 4.79 Å². The number of aliphatic hydroxyl groups excluding tert-OH is 1. The third-order valence-electron chi connectivity index (χ3n) is 5.39. The van der Waals surface area contributed by atoms with Crippen molar-refractivity contribution in [1.29, 1.82) is 0 Å². The number of β-amino-alcohol motifs (C(OH)–C–C–N with tert-alkyl or cyclic N) is 1. The van der Waals surface area contributed by atoms with Crippen LogP contribution < -0.4 is 0 Å². The molecule has 1 N–H and O–H groups in total. The molecule has 2 atom stereocenters. The number of hydrogen-bond donors (Lipinski definition) is 1. The molecule has 1 aliphatic heterocycles. The van der Waals surface area contributed by atoms with E-state index in [4.69, 9.17) is 0 Å². The number of nitrogens with zero attached hydrogens (tertiary/aromatic N) is 4. The molecule has 0 spiro atoms. The van der Waals surface area contributed by atoms with Crippen molar-refractivity contribution in [2.24, 2.45) is 0 Å². The standard InChI is InChI=1S/C22H30N4O2/c1-18(27)26(15-20-13-23-17-24-14-20)21-8-5-10-25(11-9-21)16-22(28)12-19-6-3-2-4-7-19/h2-4,6-7,13-14,17,21-22,28H,5,8-12,15-16H2,1H3/t21-,22-/m1/s1. The number of aliphatic hydroxyl groups is 1. The summed E-state index contributed by atoms with van der Waals surface area (Å²) >= 11 is 0. The molecule has 3 rings (SSSR count). The molecule has 6 heteroatoms. The quantitative estimate of drug-likeness (QED) is 0.796. The molecule has 0 saturated carbocycles. The van der Waals surface area contributed by atoms with Gasteiger partial charge < -0.3 is 14.9 Å². The third-order valence-corrected chi connectivity index (χ3v) is 5.39. The lowest BCUT2D eigenvalue weighted by Gasteiger charge is -2.30. The van der Waals surface area contributed by atoms with E-state index < -0.39 is 0 Å². The van der Waals surface area contributed by atoms with E-state index >= 15 is 0 Å². The zero-order valence-corrected chi connectivity index (χ0v) is 16.6. The Bertz CT molecular complexity index is 726. The average Bonchev–Trinajstić information content (AvgIpc) is 2.93. The fourth-order valence-electron chi connectivity index (χ4n) is 3.99. The maximum atomic E-state index is 12.3. The van der Waals surface area contributed by atoms with Crippen molar-refractivity contribution in [1.82, 2.24) is 19.8 Å². The summed E-state index contributed by atoms with van der Waals surface area (Å²) in [7, 11) is 0. The lowest BCUT2D eigenvalue weighted by atomic mass is 10.1. The van der Waals surface area contributed by atoms with Crippen LogP contribution in [0.5, 0.6) is 0 Å². The molecule has 2 heterocycles. The zero-order chi connectivity index (χ0) is 19.8. The molecule has 0 unspecified atom stereocenters. The Morgan fingerprint density at radius 3 is 2.64 bits per heavy atom. The lowest BCUT2D eigenvalue weighted by molar-refractivity contribution is -0.132. The molecule has 28 heavy (non-hydrogen) atoms. The Labute approximate surface area is 167 Å². The van der Waals surface area contributed by atoms with E-state index in [0.717, 1.165) is 43.5 Å². The molecule has 0 radical (unpaired) electrons. The largest absolute Gasteiger partial charge is 0.391 e. The predicted molar refractivity (Wildman–Crippen MR) is 108 cm³/mol. The van der Waals surface area contributed by atoms with Gasteiger partial charge in [0, 0.05) is 50.6 Å². The van der Waals surface area contributed by atoms with Crippen molar-refractivity contribution in [2.75, 3.05) is 19.6 Å². The van der Waals surface area contributed by atoms with Crippen LogP contribution in [0, 0.1) is 0 Å². The van der Waals surface area contributed by atoms with Crippen LogP contribution in [0.25, 0.3) is 0 Å².